The number of nitrogens with one attached hydrogen (secondary N) is 1. The summed E-state index contributed by atoms with van der Waals surface area (Å²) >= 11 is 1.77. The van der Waals surface area contributed by atoms with Crippen LogP contribution >= 0.6 is 11.3 Å². The molecular formula is C17H22FNS. The number of halogens is 1. The Morgan fingerprint density at radius 1 is 1.20 bits per heavy atom. The van der Waals surface area contributed by atoms with Crippen molar-refractivity contribution in [2.75, 3.05) is 0 Å². The van der Waals surface area contributed by atoms with E-state index in [4.69, 9.17) is 0 Å². The van der Waals surface area contributed by atoms with Gasteiger partial charge in [-0.2, -0.15) is 0 Å². The molecule has 3 heteroatoms. The first kappa shape index (κ1) is 15.2. The van der Waals surface area contributed by atoms with Crippen LogP contribution in [-0.2, 0) is 0 Å². The molecule has 1 nitrogen and oxygen atoms in total. The summed E-state index contributed by atoms with van der Waals surface area (Å²) in [5.41, 5.74) is 1.02. The van der Waals surface area contributed by atoms with E-state index in [1.165, 1.54) is 10.9 Å². The smallest absolute Gasteiger partial charge is 0.123 e. The predicted molar refractivity (Wildman–Crippen MR) is 84.5 cm³/mol. The molecule has 1 N–H and O–H groups in total. The Balaban J connectivity index is 2.19. The van der Waals surface area contributed by atoms with Gasteiger partial charge in [-0.1, -0.05) is 39.0 Å². The lowest BCUT2D eigenvalue weighted by Gasteiger charge is -2.27. The van der Waals surface area contributed by atoms with E-state index in [2.05, 4.69) is 43.6 Å². The summed E-state index contributed by atoms with van der Waals surface area (Å²) in [6, 6.07) is 11.6. The summed E-state index contributed by atoms with van der Waals surface area (Å²) in [6.45, 7) is 6.57. The van der Waals surface area contributed by atoms with Crippen LogP contribution in [0.4, 0.5) is 4.39 Å². The molecule has 0 aliphatic carbocycles. The van der Waals surface area contributed by atoms with Gasteiger partial charge in [0.25, 0.3) is 0 Å². The molecule has 0 bridgehead atoms. The largest absolute Gasteiger partial charge is 0.302 e. The SMILES string of the molecule is CCC(NC(c1cccs1)C(C)C)c1cccc(F)c1. The molecule has 2 atom stereocenters. The van der Waals surface area contributed by atoms with Crippen molar-refractivity contribution >= 4 is 11.3 Å². The Kier molecular flexibility index (Phi) is 5.32. The molecular weight excluding hydrogens is 269 g/mol. The topological polar surface area (TPSA) is 12.0 Å². The molecule has 2 unspecified atom stereocenters. The van der Waals surface area contributed by atoms with Gasteiger partial charge < -0.3 is 5.32 Å². The van der Waals surface area contributed by atoms with Crippen LogP contribution in [0.1, 0.15) is 49.7 Å². The molecule has 0 spiro atoms. The van der Waals surface area contributed by atoms with Crippen LogP contribution in [0.15, 0.2) is 41.8 Å². The molecule has 2 aromatic rings. The highest BCUT2D eigenvalue weighted by Crippen LogP contribution is 2.30. The van der Waals surface area contributed by atoms with Gasteiger partial charge in [0, 0.05) is 17.0 Å². The normalized spacial score (nSPS) is 14.4. The zero-order valence-electron chi connectivity index (χ0n) is 12.3. The maximum absolute atomic E-state index is 13.4. The fourth-order valence-electron chi connectivity index (χ4n) is 2.46. The molecule has 1 heterocycles. The Morgan fingerprint density at radius 2 is 2.00 bits per heavy atom. The monoisotopic (exact) mass is 291 g/mol. The Bertz CT molecular complexity index is 522. The molecule has 0 amide bonds. The third kappa shape index (κ3) is 3.68. The highest BCUT2D eigenvalue weighted by atomic mass is 32.1. The molecule has 1 aromatic carbocycles. The Labute approximate surface area is 124 Å². The molecule has 0 fully saturated rings. The predicted octanol–water partition coefficient (Wildman–Crippen LogP) is 5.33. The zero-order valence-corrected chi connectivity index (χ0v) is 13.1. The van der Waals surface area contributed by atoms with Crippen LogP contribution < -0.4 is 5.32 Å². The molecule has 0 saturated carbocycles. The van der Waals surface area contributed by atoms with Gasteiger partial charge in [0.05, 0.1) is 0 Å². The van der Waals surface area contributed by atoms with E-state index in [1.54, 1.807) is 23.5 Å². The summed E-state index contributed by atoms with van der Waals surface area (Å²) in [5, 5.41) is 5.80. The highest BCUT2D eigenvalue weighted by Gasteiger charge is 2.21. The molecule has 20 heavy (non-hydrogen) atoms. The summed E-state index contributed by atoms with van der Waals surface area (Å²) < 4.78 is 13.4. The lowest BCUT2D eigenvalue weighted by atomic mass is 9.98. The van der Waals surface area contributed by atoms with Crippen LogP contribution in [-0.4, -0.2) is 0 Å². The minimum atomic E-state index is -0.167. The van der Waals surface area contributed by atoms with E-state index in [0.717, 1.165) is 12.0 Å². The Hall–Kier alpha value is -1.19. The van der Waals surface area contributed by atoms with Gasteiger partial charge in [-0.3, -0.25) is 0 Å². The van der Waals surface area contributed by atoms with Crippen molar-refractivity contribution in [3.05, 3.63) is 58.0 Å². The van der Waals surface area contributed by atoms with Gasteiger partial charge in [-0.05, 0) is 41.5 Å². The van der Waals surface area contributed by atoms with E-state index >= 15 is 0 Å². The van der Waals surface area contributed by atoms with Crippen molar-refractivity contribution in [2.24, 2.45) is 5.92 Å². The van der Waals surface area contributed by atoms with Crippen molar-refractivity contribution < 1.29 is 4.39 Å². The van der Waals surface area contributed by atoms with Crippen molar-refractivity contribution in [1.82, 2.24) is 5.32 Å². The van der Waals surface area contributed by atoms with E-state index < -0.39 is 0 Å². The van der Waals surface area contributed by atoms with Crippen LogP contribution in [0.2, 0.25) is 0 Å². The first-order valence-electron chi connectivity index (χ1n) is 7.16. The average Bonchev–Trinajstić information content (AvgIpc) is 2.93. The van der Waals surface area contributed by atoms with Crippen LogP contribution in [0.25, 0.3) is 0 Å². The fourth-order valence-corrected chi connectivity index (χ4v) is 3.42. The fraction of sp³-hybridized carbons (Fsp3) is 0.412. The maximum Gasteiger partial charge on any atom is 0.123 e. The highest BCUT2D eigenvalue weighted by molar-refractivity contribution is 7.10. The summed E-state index contributed by atoms with van der Waals surface area (Å²) in [4.78, 5) is 1.34. The third-order valence-corrected chi connectivity index (χ3v) is 4.51. The number of rotatable bonds is 6. The minimum Gasteiger partial charge on any atom is -0.302 e. The van der Waals surface area contributed by atoms with Crippen LogP contribution in [0.3, 0.4) is 0 Å². The van der Waals surface area contributed by atoms with Crippen molar-refractivity contribution in [3.63, 3.8) is 0 Å². The number of thiophene rings is 1. The van der Waals surface area contributed by atoms with E-state index in [1.807, 2.05) is 6.07 Å². The van der Waals surface area contributed by atoms with Gasteiger partial charge in [-0.15, -0.1) is 11.3 Å². The van der Waals surface area contributed by atoms with Crippen molar-refractivity contribution in [3.8, 4) is 0 Å². The van der Waals surface area contributed by atoms with Gasteiger partial charge >= 0.3 is 0 Å². The average molecular weight is 291 g/mol. The molecule has 0 saturated heterocycles. The Morgan fingerprint density at radius 3 is 2.55 bits per heavy atom. The van der Waals surface area contributed by atoms with Gasteiger partial charge in [0.2, 0.25) is 0 Å². The zero-order chi connectivity index (χ0) is 14.5. The van der Waals surface area contributed by atoms with Gasteiger partial charge in [0.1, 0.15) is 5.82 Å². The van der Waals surface area contributed by atoms with Crippen LogP contribution in [0.5, 0.6) is 0 Å². The third-order valence-electron chi connectivity index (χ3n) is 3.56. The lowest BCUT2D eigenvalue weighted by molar-refractivity contribution is 0.361. The molecule has 0 radical (unpaired) electrons. The van der Waals surface area contributed by atoms with Crippen molar-refractivity contribution in [1.29, 1.82) is 0 Å². The van der Waals surface area contributed by atoms with Gasteiger partial charge in [-0.25, -0.2) is 4.39 Å². The van der Waals surface area contributed by atoms with Gasteiger partial charge in [0.15, 0.2) is 0 Å². The summed E-state index contributed by atoms with van der Waals surface area (Å²) in [5.74, 6) is 0.330. The lowest BCUT2D eigenvalue weighted by Crippen LogP contribution is -2.29. The summed E-state index contributed by atoms with van der Waals surface area (Å²) in [6.07, 6.45) is 0.943. The maximum atomic E-state index is 13.4. The van der Waals surface area contributed by atoms with E-state index in [-0.39, 0.29) is 11.9 Å². The molecule has 108 valence electrons. The number of hydrogen-bond donors (Lipinski definition) is 1. The molecule has 0 aliphatic rings. The number of benzene rings is 1. The van der Waals surface area contributed by atoms with Crippen LogP contribution in [0, 0.1) is 11.7 Å². The summed E-state index contributed by atoms with van der Waals surface area (Å²) in [7, 11) is 0. The second-order valence-corrected chi connectivity index (χ2v) is 6.40. The second-order valence-electron chi connectivity index (χ2n) is 5.42. The molecule has 0 aliphatic heterocycles. The van der Waals surface area contributed by atoms with Crippen molar-refractivity contribution in [2.45, 2.75) is 39.3 Å². The number of hydrogen-bond acceptors (Lipinski definition) is 2. The quantitative estimate of drug-likeness (QED) is 0.759. The second kappa shape index (κ2) is 7.00. The first-order chi connectivity index (χ1) is 9.61. The molecule has 2 rings (SSSR count). The molecule has 1 aromatic heterocycles. The first-order valence-corrected chi connectivity index (χ1v) is 8.04. The van der Waals surface area contributed by atoms with E-state index in [0.29, 0.717) is 12.0 Å². The van der Waals surface area contributed by atoms with E-state index in [9.17, 15) is 4.39 Å². The minimum absolute atomic E-state index is 0.167. The standard InChI is InChI=1S/C17H22FNS/c1-4-15(13-7-5-8-14(18)11-13)19-17(12(2)3)16-9-6-10-20-16/h5-12,15,17,19H,4H2,1-3H3.